The standard InChI is InChI=1S/C15H20O4/c1-3-18-14-6-5-11(9-15(14)19-4-2)12-10-17-8-7-13(12)16/h5-6,9,12H,3-4,7-8,10H2,1-2H3. The Labute approximate surface area is 113 Å². The summed E-state index contributed by atoms with van der Waals surface area (Å²) in [5.41, 5.74) is 0.941. The lowest BCUT2D eigenvalue weighted by Crippen LogP contribution is -2.25. The minimum atomic E-state index is -0.177. The normalized spacial score (nSPS) is 19.3. The molecule has 1 saturated heterocycles. The highest BCUT2D eigenvalue weighted by molar-refractivity contribution is 5.86. The second kappa shape index (κ2) is 6.57. The number of hydrogen-bond acceptors (Lipinski definition) is 4. The van der Waals surface area contributed by atoms with Crippen LogP contribution in [0.2, 0.25) is 0 Å². The molecule has 1 aromatic rings. The van der Waals surface area contributed by atoms with E-state index in [1.54, 1.807) is 0 Å². The summed E-state index contributed by atoms with van der Waals surface area (Å²) < 4.78 is 16.5. The SMILES string of the molecule is CCOc1ccc(C2COCCC2=O)cc1OCC. The van der Waals surface area contributed by atoms with Gasteiger partial charge in [-0.05, 0) is 31.5 Å². The second-order valence-electron chi connectivity index (χ2n) is 4.42. The summed E-state index contributed by atoms with van der Waals surface area (Å²) in [7, 11) is 0. The van der Waals surface area contributed by atoms with Crippen LogP contribution in [0.15, 0.2) is 18.2 Å². The van der Waals surface area contributed by atoms with Crippen molar-refractivity contribution in [3.63, 3.8) is 0 Å². The van der Waals surface area contributed by atoms with E-state index in [0.29, 0.717) is 38.6 Å². The van der Waals surface area contributed by atoms with Gasteiger partial charge in [-0.3, -0.25) is 4.79 Å². The fourth-order valence-electron chi connectivity index (χ4n) is 2.21. The Morgan fingerprint density at radius 2 is 1.95 bits per heavy atom. The summed E-state index contributed by atoms with van der Waals surface area (Å²) in [5, 5.41) is 0. The molecule has 4 heteroatoms. The summed E-state index contributed by atoms with van der Waals surface area (Å²) in [6.07, 6.45) is 0.488. The van der Waals surface area contributed by atoms with Gasteiger partial charge in [0.15, 0.2) is 11.5 Å². The van der Waals surface area contributed by atoms with Gasteiger partial charge in [-0.25, -0.2) is 0 Å². The first-order valence-electron chi connectivity index (χ1n) is 6.76. The van der Waals surface area contributed by atoms with E-state index in [0.717, 1.165) is 11.3 Å². The Hall–Kier alpha value is -1.55. The first-order chi connectivity index (χ1) is 9.26. The summed E-state index contributed by atoms with van der Waals surface area (Å²) in [6.45, 7) is 6.01. The van der Waals surface area contributed by atoms with Crippen molar-refractivity contribution in [3.05, 3.63) is 23.8 Å². The second-order valence-corrected chi connectivity index (χ2v) is 4.42. The molecule has 0 bridgehead atoms. The molecule has 1 unspecified atom stereocenters. The van der Waals surface area contributed by atoms with Crippen molar-refractivity contribution in [3.8, 4) is 11.5 Å². The molecular weight excluding hydrogens is 244 g/mol. The van der Waals surface area contributed by atoms with Crippen molar-refractivity contribution < 1.29 is 19.0 Å². The minimum absolute atomic E-state index is 0.177. The number of carbonyl (C=O) groups excluding carboxylic acids is 1. The van der Waals surface area contributed by atoms with Crippen LogP contribution >= 0.6 is 0 Å². The van der Waals surface area contributed by atoms with E-state index >= 15 is 0 Å². The van der Waals surface area contributed by atoms with Gasteiger partial charge in [0.1, 0.15) is 5.78 Å². The molecule has 1 heterocycles. The van der Waals surface area contributed by atoms with Crippen LogP contribution < -0.4 is 9.47 Å². The van der Waals surface area contributed by atoms with Gasteiger partial charge in [-0.1, -0.05) is 6.07 Å². The van der Waals surface area contributed by atoms with Gasteiger partial charge in [-0.2, -0.15) is 0 Å². The van der Waals surface area contributed by atoms with E-state index in [1.807, 2.05) is 32.0 Å². The predicted octanol–water partition coefficient (Wildman–Crippen LogP) is 2.56. The smallest absolute Gasteiger partial charge is 0.161 e. The Morgan fingerprint density at radius 3 is 2.63 bits per heavy atom. The number of ether oxygens (including phenoxy) is 3. The van der Waals surface area contributed by atoms with Crippen molar-refractivity contribution in [2.45, 2.75) is 26.2 Å². The predicted molar refractivity (Wildman–Crippen MR) is 72.0 cm³/mol. The quantitative estimate of drug-likeness (QED) is 0.820. The van der Waals surface area contributed by atoms with Crippen LogP contribution in [0, 0.1) is 0 Å². The fraction of sp³-hybridized carbons (Fsp3) is 0.533. The molecule has 1 aromatic carbocycles. The molecule has 1 fully saturated rings. The highest BCUT2D eigenvalue weighted by atomic mass is 16.5. The number of benzene rings is 1. The van der Waals surface area contributed by atoms with Crippen molar-refractivity contribution in [1.29, 1.82) is 0 Å². The molecule has 0 aliphatic carbocycles. The molecule has 0 amide bonds. The van der Waals surface area contributed by atoms with E-state index in [1.165, 1.54) is 0 Å². The summed E-state index contributed by atoms with van der Waals surface area (Å²) >= 11 is 0. The molecule has 1 atom stereocenters. The van der Waals surface area contributed by atoms with Crippen LogP contribution in [-0.2, 0) is 9.53 Å². The lowest BCUT2D eigenvalue weighted by molar-refractivity contribution is -0.126. The monoisotopic (exact) mass is 264 g/mol. The van der Waals surface area contributed by atoms with E-state index in [9.17, 15) is 4.79 Å². The first-order valence-corrected chi connectivity index (χ1v) is 6.76. The number of Topliss-reactive ketones (excluding diaryl/α,β-unsaturated/α-hetero) is 1. The molecule has 19 heavy (non-hydrogen) atoms. The van der Waals surface area contributed by atoms with Crippen LogP contribution in [0.1, 0.15) is 31.7 Å². The maximum Gasteiger partial charge on any atom is 0.161 e. The third-order valence-electron chi connectivity index (χ3n) is 3.14. The molecule has 1 aliphatic heterocycles. The largest absolute Gasteiger partial charge is 0.490 e. The summed E-state index contributed by atoms with van der Waals surface area (Å²) in [6, 6.07) is 5.68. The van der Waals surface area contributed by atoms with E-state index in [4.69, 9.17) is 14.2 Å². The van der Waals surface area contributed by atoms with Crippen molar-refractivity contribution >= 4 is 5.78 Å². The van der Waals surface area contributed by atoms with Gasteiger partial charge in [0, 0.05) is 6.42 Å². The molecule has 104 valence electrons. The third kappa shape index (κ3) is 3.26. The number of rotatable bonds is 5. The van der Waals surface area contributed by atoms with Crippen LogP contribution in [0.4, 0.5) is 0 Å². The van der Waals surface area contributed by atoms with Gasteiger partial charge in [-0.15, -0.1) is 0 Å². The molecule has 1 aliphatic rings. The molecule has 0 spiro atoms. The van der Waals surface area contributed by atoms with E-state index < -0.39 is 0 Å². The molecule has 0 saturated carbocycles. The van der Waals surface area contributed by atoms with Crippen molar-refractivity contribution in [1.82, 2.24) is 0 Å². The zero-order chi connectivity index (χ0) is 13.7. The Morgan fingerprint density at radius 1 is 1.21 bits per heavy atom. The van der Waals surface area contributed by atoms with Crippen molar-refractivity contribution in [2.24, 2.45) is 0 Å². The minimum Gasteiger partial charge on any atom is -0.490 e. The highest BCUT2D eigenvalue weighted by Gasteiger charge is 2.25. The van der Waals surface area contributed by atoms with Gasteiger partial charge >= 0.3 is 0 Å². The van der Waals surface area contributed by atoms with Crippen LogP contribution in [0.5, 0.6) is 11.5 Å². The van der Waals surface area contributed by atoms with Gasteiger partial charge in [0.05, 0.1) is 32.3 Å². The highest BCUT2D eigenvalue weighted by Crippen LogP contribution is 2.33. The maximum absolute atomic E-state index is 11.9. The maximum atomic E-state index is 11.9. The lowest BCUT2D eigenvalue weighted by Gasteiger charge is -2.22. The summed E-state index contributed by atoms with van der Waals surface area (Å²) in [4.78, 5) is 11.9. The van der Waals surface area contributed by atoms with Crippen LogP contribution in [0.3, 0.4) is 0 Å². The Balaban J connectivity index is 2.25. The van der Waals surface area contributed by atoms with Crippen LogP contribution in [0.25, 0.3) is 0 Å². The Bertz CT molecular complexity index is 442. The van der Waals surface area contributed by atoms with Gasteiger partial charge < -0.3 is 14.2 Å². The molecule has 0 N–H and O–H groups in total. The molecule has 4 nitrogen and oxygen atoms in total. The Kier molecular flexibility index (Phi) is 4.80. The zero-order valence-corrected chi connectivity index (χ0v) is 11.5. The molecule has 0 aromatic heterocycles. The van der Waals surface area contributed by atoms with E-state index in [-0.39, 0.29) is 11.7 Å². The van der Waals surface area contributed by atoms with Crippen molar-refractivity contribution in [2.75, 3.05) is 26.4 Å². The summed E-state index contributed by atoms with van der Waals surface area (Å²) in [5.74, 6) is 1.47. The number of hydrogen-bond donors (Lipinski definition) is 0. The molecular formula is C15H20O4. The number of ketones is 1. The van der Waals surface area contributed by atoms with Gasteiger partial charge in [0.25, 0.3) is 0 Å². The third-order valence-corrected chi connectivity index (χ3v) is 3.14. The average molecular weight is 264 g/mol. The lowest BCUT2D eigenvalue weighted by atomic mass is 9.92. The molecule has 0 radical (unpaired) electrons. The van der Waals surface area contributed by atoms with Crippen LogP contribution in [-0.4, -0.2) is 32.2 Å². The number of carbonyl (C=O) groups is 1. The fourth-order valence-corrected chi connectivity index (χ4v) is 2.21. The van der Waals surface area contributed by atoms with Gasteiger partial charge in [0.2, 0.25) is 0 Å². The van der Waals surface area contributed by atoms with E-state index in [2.05, 4.69) is 0 Å². The molecule has 2 rings (SSSR count). The topological polar surface area (TPSA) is 44.8 Å². The first kappa shape index (κ1) is 13.9. The average Bonchev–Trinajstić information content (AvgIpc) is 2.42. The zero-order valence-electron chi connectivity index (χ0n) is 11.5.